The average Bonchev–Trinajstić information content (AvgIpc) is 3.34. The molecule has 4 aromatic rings. The highest BCUT2D eigenvalue weighted by Gasteiger charge is 2.14. The van der Waals surface area contributed by atoms with Crippen molar-refractivity contribution in [2.75, 3.05) is 7.11 Å². The van der Waals surface area contributed by atoms with E-state index in [9.17, 15) is 0 Å². The first-order chi connectivity index (χ1) is 13.7. The topological polar surface area (TPSA) is 66.0 Å². The molecule has 28 heavy (non-hydrogen) atoms. The molecule has 0 radical (unpaired) electrons. The Morgan fingerprint density at radius 1 is 1.04 bits per heavy atom. The summed E-state index contributed by atoms with van der Waals surface area (Å²) in [7, 11) is 1.65. The third-order valence-corrected chi connectivity index (χ3v) is 5.35. The highest BCUT2D eigenvalue weighted by Crippen LogP contribution is 2.28. The van der Waals surface area contributed by atoms with Crippen LogP contribution in [0.3, 0.4) is 0 Å². The first kappa shape index (κ1) is 18.3. The van der Waals surface area contributed by atoms with E-state index in [1.54, 1.807) is 25.1 Å². The van der Waals surface area contributed by atoms with E-state index >= 15 is 0 Å². The Morgan fingerprint density at radius 2 is 1.82 bits per heavy atom. The molecular weight excluding hydrogens is 372 g/mol. The van der Waals surface area contributed by atoms with Crippen molar-refractivity contribution in [3.63, 3.8) is 0 Å². The van der Waals surface area contributed by atoms with Crippen molar-refractivity contribution in [1.29, 1.82) is 0 Å². The molecule has 0 spiro atoms. The number of aromatic nitrogens is 4. The molecule has 0 N–H and O–H groups in total. The summed E-state index contributed by atoms with van der Waals surface area (Å²) >= 11 is 1.59. The largest absolute Gasteiger partial charge is 0.497 e. The van der Waals surface area contributed by atoms with Gasteiger partial charge in [0.2, 0.25) is 5.89 Å². The molecule has 0 aliphatic heterocycles. The number of hydrogen-bond donors (Lipinski definition) is 0. The second-order valence-electron chi connectivity index (χ2n) is 6.31. The van der Waals surface area contributed by atoms with Crippen LogP contribution in [0.15, 0.2) is 64.4 Å². The Bertz CT molecular complexity index is 1090. The molecule has 0 saturated heterocycles. The van der Waals surface area contributed by atoms with Crippen LogP contribution in [-0.4, -0.2) is 26.9 Å². The van der Waals surface area contributed by atoms with Crippen molar-refractivity contribution in [1.82, 2.24) is 19.7 Å². The van der Waals surface area contributed by atoms with Crippen molar-refractivity contribution >= 4 is 11.8 Å². The zero-order chi connectivity index (χ0) is 19.5. The molecule has 2 aromatic heterocycles. The second kappa shape index (κ2) is 7.90. The maximum absolute atomic E-state index is 5.64. The number of nitrogens with zero attached hydrogens (tertiary/aromatic N) is 4. The Morgan fingerprint density at radius 3 is 2.57 bits per heavy atom. The fourth-order valence-corrected chi connectivity index (χ4v) is 3.77. The standard InChI is InChI=1S/C21H20N4O2S/c1-14-6-4-5-7-19(14)25-15(2)23-24-21(25)28-13-17-12-27-20(22-17)16-8-10-18(26-3)11-9-16/h4-12H,13H2,1-3H3. The van der Waals surface area contributed by atoms with Crippen molar-refractivity contribution in [2.24, 2.45) is 0 Å². The summed E-state index contributed by atoms with van der Waals surface area (Å²) in [6.07, 6.45) is 1.69. The van der Waals surface area contributed by atoms with Crippen LogP contribution in [0.1, 0.15) is 17.1 Å². The summed E-state index contributed by atoms with van der Waals surface area (Å²) in [6, 6.07) is 15.9. The van der Waals surface area contributed by atoms with Gasteiger partial charge in [0, 0.05) is 11.3 Å². The zero-order valence-electron chi connectivity index (χ0n) is 15.9. The smallest absolute Gasteiger partial charge is 0.226 e. The molecule has 0 bridgehead atoms. The second-order valence-corrected chi connectivity index (χ2v) is 7.26. The van der Waals surface area contributed by atoms with E-state index in [1.165, 1.54) is 5.56 Å². The van der Waals surface area contributed by atoms with Gasteiger partial charge in [0.25, 0.3) is 0 Å². The number of aryl methyl sites for hydroxylation is 2. The van der Waals surface area contributed by atoms with Gasteiger partial charge in [-0.05, 0) is 49.7 Å². The third kappa shape index (κ3) is 3.66. The van der Waals surface area contributed by atoms with Crippen molar-refractivity contribution < 1.29 is 9.15 Å². The minimum atomic E-state index is 0.592. The van der Waals surface area contributed by atoms with E-state index in [4.69, 9.17) is 9.15 Å². The van der Waals surface area contributed by atoms with E-state index in [0.717, 1.165) is 33.7 Å². The van der Waals surface area contributed by atoms with Gasteiger partial charge in [0.05, 0.1) is 18.5 Å². The molecule has 0 atom stereocenters. The Labute approximate surface area is 167 Å². The molecule has 0 aliphatic rings. The SMILES string of the molecule is COc1ccc(-c2nc(CSc3nnc(C)n3-c3ccccc3C)co2)cc1. The summed E-state index contributed by atoms with van der Waals surface area (Å²) in [5.41, 5.74) is 4.03. The lowest BCUT2D eigenvalue weighted by Gasteiger charge is -2.10. The molecule has 0 fully saturated rings. The number of thioether (sulfide) groups is 1. The lowest BCUT2D eigenvalue weighted by molar-refractivity contribution is 0.415. The molecular formula is C21H20N4O2S. The monoisotopic (exact) mass is 392 g/mol. The van der Waals surface area contributed by atoms with Crippen LogP contribution in [0.5, 0.6) is 5.75 Å². The van der Waals surface area contributed by atoms with Crippen LogP contribution < -0.4 is 4.74 Å². The van der Waals surface area contributed by atoms with Gasteiger partial charge >= 0.3 is 0 Å². The Hall–Kier alpha value is -3.06. The summed E-state index contributed by atoms with van der Waals surface area (Å²) in [5, 5.41) is 9.42. The van der Waals surface area contributed by atoms with Gasteiger partial charge in [-0.1, -0.05) is 30.0 Å². The first-order valence-corrected chi connectivity index (χ1v) is 9.84. The lowest BCUT2D eigenvalue weighted by Crippen LogP contribution is -2.01. The van der Waals surface area contributed by atoms with Crippen LogP contribution in [0.4, 0.5) is 0 Å². The molecule has 7 heteroatoms. The van der Waals surface area contributed by atoms with Crippen LogP contribution in [-0.2, 0) is 5.75 Å². The minimum absolute atomic E-state index is 0.592. The predicted octanol–water partition coefficient (Wildman–Crippen LogP) is 4.84. The van der Waals surface area contributed by atoms with Crippen LogP contribution in [0.2, 0.25) is 0 Å². The zero-order valence-corrected chi connectivity index (χ0v) is 16.7. The molecule has 0 saturated carbocycles. The first-order valence-electron chi connectivity index (χ1n) is 8.85. The summed E-state index contributed by atoms with van der Waals surface area (Å²) in [6.45, 7) is 4.05. The van der Waals surface area contributed by atoms with Crippen LogP contribution in [0, 0.1) is 13.8 Å². The Balaban J connectivity index is 1.52. The van der Waals surface area contributed by atoms with Gasteiger partial charge in [-0.15, -0.1) is 10.2 Å². The molecule has 2 heterocycles. The third-order valence-electron chi connectivity index (χ3n) is 4.39. The highest BCUT2D eigenvalue weighted by atomic mass is 32.2. The van der Waals surface area contributed by atoms with Gasteiger partial charge < -0.3 is 9.15 Å². The number of ether oxygens (including phenoxy) is 1. The number of rotatable bonds is 6. The molecule has 6 nitrogen and oxygen atoms in total. The quantitative estimate of drug-likeness (QED) is 0.438. The Kier molecular flexibility index (Phi) is 5.16. The van der Waals surface area contributed by atoms with Gasteiger partial charge in [0.15, 0.2) is 5.16 Å². The predicted molar refractivity (Wildman–Crippen MR) is 109 cm³/mol. The molecule has 0 amide bonds. The fourth-order valence-electron chi connectivity index (χ4n) is 2.91. The summed E-state index contributed by atoms with van der Waals surface area (Å²) in [4.78, 5) is 4.59. The number of oxazole rings is 1. The summed E-state index contributed by atoms with van der Waals surface area (Å²) in [5.74, 6) is 2.90. The molecule has 2 aromatic carbocycles. The number of hydrogen-bond acceptors (Lipinski definition) is 6. The van der Waals surface area contributed by atoms with Crippen molar-refractivity contribution in [3.05, 3.63) is 71.9 Å². The van der Waals surface area contributed by atoms with E-state index in [1.807, 2.05) is 43.3 Å². The number of para-hydroxylation sites is 1. The fraction of sp³-hybridized carbons (Fsp3) is 0.190. The van der Waals surface area contributed by atoms with Crippen LogP contribution in [0.25, 0.3) is 17.1 Å². The molecule has 4 rings (SSSR count). The van der Waals surface area contributed by atoms with Gasteiger partial charge in [-0.3, -0.25) is 4.57 Å². The molecule has 142 valence electrons. The van der Waals surface area contributed by atoms with Gasteiger partial charge in [0.1, 0.15) is 17.8 Å². The maximum Gasteiger partial charge on any atom is 0.226 e. The normalized spacial score (nSPS) is 11.0. The minimum Gasteiger partial charge on any atom is -0.497 e. The van der Waals surface area contributed by atoms with E-state index in [0.29, 0.717) is 11.6 Å². The average molecular weight is 392 g/mol. The van der Waals surface area contributed by atoms with Gasteiger partial charge in [-0.2, -0.15) is 0 Å². The van der Waals surface area contributed by atoms with Gasteiger partial charge in [-0.25, -0.2) is 4.98 Å². The van der Waals surface area contributed by atoms with Crippen molar-refractivity contribution in [3.8, 4) is 22.9 Å². The highest BCUT2D eigenvalue weighted by molar-refractivity contribution is 7.98. The summed E-state index contributed by atoms with van der Waals surface area (Å²) < 4.78 is 12.9. The number of benzene rings is 2. The maximum atomic E-state index is 5.64. The molecule has 0 aliphatic carbocycles. The van der Waals surface area contributed by atoms with E-state index in [2.05, 4.69) is 38.8 Å². The van der Waals surface area contributed by atoms with Crippen molar-refractivity contribution in [2.45, 2.75) is 24.8 Å². The lowest BCUT2D eigenvalue weighted by atomic mass is 10.2. The molecule has 0 unspecified atom stereocenters. The van der Waals surface area contributed by atoms with Crippen LogP contribution >= 0.6 is 11.8 Å². The number of methoxy groups -OCH3 is 1. The van der Waals surface area contributed by atoms with E-state index in [-0.39, 0.29) is 0 Å². The van der Waals surface area contributed by atoms with E-state index < -0.39 is 0 Å².